The summed E-state index contributed by atoms with van der Waals surface area (Å²) >= 11 is 0. The van der Waals surface area contributed by atoms with Gasteiger partial charge >= 0.3 is 0 Å². The molecule has 3 rings (SSSR count). The number of pyridine rings is 1. The Morgan fingerprint density at radius 2 is 2.05 bits per heavy atom. The Kier molecular flexibility index (Phi) is 2.90. The maximum absolute atomic E-state index is 13.5. The molecule has 0 radical (unpaired) electrons. The lowest BCUT2D eigenvalue weighted by atomic mass is 10.1. The molecular formula is C14H11FN4O. The van der Waals surface area contributed by atoms with Crippen molar-refractivity contribution in [1.82, 2.24) is 15.1 Å². The Labute approximate surface area is 114 Å². The summed E-state index contributed by atoms with van der Waals surface area (Å²) in [6.07, 6.45) is 1.50. The Bertz CT molecular complexity index is 752. The van der Waals surface area contributed by atoms with Crippen LogP contribution >= 0.6 is 0 Å². The van der Waals surface area contributed by atoms with Crippen LogP contribution in [0.1, 0.15) is 5.56 Å². The Hall–Kier alpha value is -2.76. The van der Waals surface area contributed by atoms with Crippen LogP contribution in [0.5, 0.6) is 0 Å². The lowest BCUT2D eigenvalue weighted by molar-refractivity contribution is 0.431. The van der Waals surface area contributed by atoms with E-state index in [1.807, 2.05) is 0 Å². The fourth-order valence-corrected chi connectivity index (χ4v) is 1.71. The smallest absolute Gasteiger partial charge is 0.276 e. The zero-order chi connectivity index (χ0) is 14.1. The Morgan fingerprint density at radius 1 is 1.20 bits per heavy atom. The van der Waals surface area contributed by atoms with Crippen molar-refractivity contribution in [3.8, 4) is 23.0 Å². The standard InChI is InChI=1S/C14H11FN4O/c1-8-2-3-9(6-11(8)15)13-18-14(20-19-13)12-5-4-10(16)7-17-12/h2-7H,16H2,1H3. The molecule has 0 saturated heterocycles. The molecule has 2 heterocycles. The molecular weight excluding hydrogens is 259 g/mol. The molecule has 2 aromatic heterocycles. The number of aryl methyl sites for hydroxylation is 1. The van der Waals surface area contributed by atoms with E-state index in [0.29, 0.717) is 28.3 Å². The summed E-state index contributed by atoms with van der Waals surface area (Å²) < 4.78 is 18.7. The summed E-state index contributed by atoms with van der Waals surface area (Å²) in [4.78, 5) is 8.30. The molecule has 0 bridgehead atoms. The molecule has 0 aliphatic heterocycles. The maximum Gasteiger partial charge on any atom is 0.276 e. The van der Waals surface area contributed by atoms with Crippen LogP contribution in [0.3, 0.4) is 0 Å². The van der Waals surface area contributed by atoms with Crippen LogP contribution in [0.4, 0.5) is 10.1 Å². The number of rotatable bonds is 2. The van der Waals surface area contributed by atoms with Gasteiger partial charge in [-0.05, 0) is 30.7 Å². The summed E-state index contributed by atoms with van der Waals surface area (Å²) in [5.74, 6) is 0.276. The quantitative estimate of drug-likeness (QED) is 0.774. The highest BCUT2D eigenvalue weighted by Crippen LogP contribution is 2.22. The highest BCUT2D eigenvalue weighted by atomic mass is 19.1. The largest absolute Gasteiger partial charge is 0.397 e. The minimum absolute atomic E-state index is 0.265. The summed E-state index contributed by atoms with van der Waals surface area (Å²) in [6.45, 7) is 1.69. The number of anilines is 1. The van der Waals surface area contributed by atoms with Gasteiger partial charge in [0, 0.05) is 5.56 Å². The van der Waals surface area contributed by atoms with Gasteiger partial charge in [0.15, 0.2) is 0 Å². The van der Waals surface area contributed by atoms with Gasteiger partial charge in [0.2, 0.25) is 5.82 Å². The average Bonchev–Trinajstić information content (AvgIpc) is 2.92. The first-order valence-electron chi connectivity index (χ1n) is 5.95. The van der Waals surface area contributed by atoms with Gasteiger partial charge < -0.3 is 10.3 Å². The molecule has 0 atom stereocenters. The first-order chi connectivity index (χ1) is 9.63. The van der Waals surface area contributed by atoms with Crippen LogP contribution in [0.25, 0.3) is 23.0 Å². The van der Waals surface area contributed by atoms with Crippen LogP contribution in [0, 0.1) is 12.7 Å². The second-order valence-corrected chi connectivity index (χ2v) is 4.36. The summed E-state index contributed by atoms with van der Waals surface area (Å²) in [5.41, 5.74) is 7.75. The van der Waals surface area contributed by atoms with Gasteiger partial charge in [0.05, 0.1) is 11.9 Å². The number of aromatic nitrogens is 3. The fraction of sp³-hybridized carbons (Fsp3) is 0.0714. The van der Waals surface area contributed by atoms with Crippen molar-refractivity contribution in [3.63, 3.8) is 0 Å². The van der Waals surface area contributed by atoms with Crippen LogP contribution in [-0.2, 0) is 0 Å². The van der Waals surface area contributed by atoms with E-state index in [1.54, 1.807) is 31.2 Å². The summed E-state index contributed by atoms with van der Waals surface area (Å²) in [5, 5.41) is 3.83. The van der Waals surface area contributed by atoms with Crippen molar-refractivity contribution < 1.29 is 8.91 Å². The fourth-order valence-electron chi connectivity index (χ4n) is 1.71. The Morgan fingerprint density at radius 3 is 2.75 bits per heavy atom. The number of benzene rings is 1. The molecule has 3 aromatic rings. The molecule has 0 saturated carbocycles. The summed E-state index contributed by atoms with van der Waals surface area (Å²) in [7, 11) is 0. The van der Waals surface area contributed by atoms with E-state index in [-0.39, 0.29) is 11.7 Å². The third-order valence-electron chi connectivity index (χ3n) is 2.86. The number of hydrogen-bond donors (Lipinski definition) is 1. The van der Waals surface area contributed by atoms with E-state index in [0.717, 1.165) is 0 Å². The zero-order valence-electron chi connectivity index (χ0n) is 10.7. The van der Waals surface area contributed by atoms with E-state index in [2.05, 4.69) is 15.1 Å². The second-order valence-electron chi connectivity index (χ2n) is 4.36. The van der Waals surface area contributed by atoms with Gasteiger partial charge in [-0.3, -0.25) is 0 Å². The van der Waals surface area contributed by atoms with Crippen molar-refractivity contribution >= 4 is 5.69 Å². The molecule has 0 amide bonds. The third-order valence-corrected chi connectivity index (χ3v) is 2.86. The lowest BCUT2D eigenvalue weighted by Gasteiger charge is -1.97. The van der Waals surface area contributed by atoms with E-state index in [1.165, 1.54) is 12.3 Å². The Balaban J connectivity index is 1.97. The summed E-state index contributed by atoms with van der Waals surface area (Å²) in [6, 6.07) is 8.16. The molecule has 100 valence electrons. The van der Waals surface area contributed by atoms with Gasteiger partial charge in [-0.25, -0.2) is 9.37 Å². The molecule has 0 aliphatic carbocycles. The first kappa shape index (κ1) is 12.3. The van der Waals surface area contributed by atoms with Crippen LogP contribution in [0.15, 0.2) is 41.1 Å². The van der Waals surface area contributed by atoms with E-state index in [9.17, 15) is 4.39 Å². The van der Waals surface area contributed by atoms with Crippen molar-refractivity contribution in [3.05, 3.63) is 47.9 Å². The van der Waals surface area contributed by atoms with Crippen molar-refractivity contribution in [2.45, 2.75) is 6.92 Å². The van der Waals surface area contributed by atoms with Crippen molar-refractivity contribution in [2.75, 3.05) is 5.73 Å². The van der Waals surface area contributed by atoms with Crippen LogP contribution in [-0.4, -0.2) is 15.1 Å². The molecule has 6 heteroatoms. The zero-order valence-corrected chi connectivity index (χ0v) is 10.7. The molecule has 0 fully saturated rings. The number of hydrogen-bond acceptors (Lipinski definition) is 5. The third kappa shape index (κ3) is 2.23. The molecule has 20 heavy (non-hydrogen) atoms. The van der Waals surface area contributed by atoms with E-state index in [4.69, 9.17) is 10.3 Å². The van der Waals surface area contributed by atoms with Gasteiger partial charge in [-0.15, -0.1) is 0 Å². The predicted molar refractivity (Wildman–Crippen MR) is 72.1 cm³/mol. The normalized spacial score (nSPS) is 10.7. The first-order valence-corrected chi connectivity index (χ1v) is 5.95. The lowest BCUT2D eigenvalue weighted by Crippen LogP contribution is -1.89. The average molecular weight is 270 g/mol. The SMILES string of the molecule is Cc1ccc(-c2noc(-c3ccc(N)cn3)n2)cc1F. The molecule has 0 unspecified atom stereocenters. The van der Waals surface area contributed by atoms with Gasteiger partial charge in [-0.2, -0.15) is 4.98 Å². The van der Waals surface area contributed by atoms with E-state index >= 15 is 0 Å². The maximum atomic E-state index is 13.5. The topological polar surface area (TPSA) is 77.8 Å². The van der Waals surface area contributed by atoms with Crippen molar-refractivity contribution in [2.24, 2.45) is 0 Å². The highest BCUT2D eigenvalue weighted by molar-refractivity contribution is 5.59. The molecule has 0 aliphatic rings. The minimum Gasteiger partial charge on any atom is -0.397 e. The minimum atomic E-state index is -0.306. The predicted octanol–water partition coefficient (Wildman–Crippen LogP) is 2.83. The molecule has 2 N–H and O–H groups in total. The van der Waals surface area contributed by atoms with Crippen LogP contribution in [0.2, 0.25) is 0 Å². The van der Waals surface area contributed by atoms with Crippen molar-refractivity contribution in [1.29, 1.82) is 0 Å². The number of nitrogens with two attached hydrogens (primary N) is 1. The van der Waals surface area contributed by atoms with Gasteiger partial charge in [0.1, 0.15) is 11.5 Å². The molecule has 5 nitrogen and oxygen atoms in total. The number of nitrogens with zero attached hydrogens (tertiary/aromatic N) is 3. The molecule has 0 spiro atoms. The van der Waals surface area contributed by atoms with E-state index < -0.39 is 0 Å². The number of halogens is 1. The van der Waals surface area contributed by atoms with Gasteiger partial charge in [0.25, 0.3) is 5.89 Å². The highest BCUT2D eigenvalue weighted by Gasteiger charge is 2.12. The van der Waals surface area contributed by atoms with Gasteiger partial charge in [-0.1, -0.05) is 17.3 Å². The monoisotopic (exact) mass is 270 g/mol. The second kappa shape index (κ2) is 4.73. The van der Waals surface area contributed by atoms with Crippen LogP contribution < -0.4 is 5.73 Å². The number of nitrogen functional groups attached to an aromatic ring is 1. The molecule has 1 aromatic carbocycles.